The Hall–Kier alpha value is -1.50. The molecule has 0 bridgehead atoms. The first-order chi connectivity index (χ1) is 9.69. The number of carbonyl (C=O) groups excluding carboxylic acids is 1. The van der Waals surface area contributed by atoms with Gasteiger partial charge in [0.1, 0.15) is 15.8 Å². The first-order valence-corrected chi connectivity index (χ1v) is 7.59. The predicted molar refractivity (Wildman–Crippen MR) is 81.6 cm³/mol. The molecule has 116 valence electrons. The number of nitrogens with one attached hydrogen (secondary N) is 1. The lowest BCUT2D eigenvalue weighted by molar-refractivity contribution is 0.0258. The lowest BCUT2D eigenvalue weighted by Crippen LogP contribution is -2.38. The number of halogens is 1. The van der Waals surface area contributed by atoms with Crippen LogP contribution in [0.4, 0.5) is 4.79 Å². The molecule has 2 rings (SSSR count). The first kappa shape index (κ1) is 15.9. The number of carbonyl (C=O) groups is 1. The molecular formula is C14H19BrN2O4. The Balaban J connectivity index is 2.20. The molecule has 0 atom stereocenters. The second-order valence-electron chi connectivity index (χ2n) is 6.04. The van der Waals surface area contributed by atoms with Gasteiger partial charge in [0.05, 0.1) is 0 Å². The van der Waals surface area contributed by atoms with Gasteiger partial charge < -0.3 is 19.7 Å². The molecule has 1 amide bonds. The van der Waals surface area contributed by atoms with Crippen LogP contribution in [0.25, 0.3) is 0 Å². The molecule has 21 heavy (non-hydrogen) atoms. The Labute approximate surface area is 131 Å². The van der Waals surface area contributed by atoms with Crippen LogP contribution in [0, 0.1) is 0 Å². The number of ether oxygens (including phenoxy) is 1. The average Bonchev–Trinajstić information content (AvgIpc) is 2.57. The normalized spacial score (nSPS) is 15.3. The molecule has 7 heteroatoms. The number of aromatic nitrogens is 1. The summed E-state index contributed by atoms with van der Waals surface area (Å²) in [5.41, 5.74) is 0.437. The average molecular weight is 359 g/mol. The van der Waals surface area contributed by atoms with Gasteiger partial charge in [-0.15, -0.1) is 0 Å². The zero-order valence-corrected chi connectivity index (χ0v) is 13.9. The minimum absolute atomic E-state index is 0.0419. The largest absolute Gasteiger partial charge is 0.506 e. The smallest absolute Gasteiger partial charge is 0.410 e. The van der Waals surface area contributed by atoms with E-state index in [-0.39, 0.29) is 21.9 Å². The lowest BCUT2D eigenvalue weighted by Gasteiger charge is -2.26. The van der Waals surface area contributed by atoms with Crippen LogP contribution in [0.5, 0.6) is 5.75 Å². The third-order valence-corrected chi connectivity index (χ3v) is 3.97. The van der Waals surface area contributed by atoms with Gasteiger partial charge in [-0.3, -0.25) is 4.79 Å². The summed E-state index contributed by atoms with van der Waals surface area (Å²) in [6.07, 6.45) is 0.566. The molecule has 0 saturated heterocycles. The molecule has 1 aliphatic heterocycles. The van der Waals surface area contributed by atoms with Crippen molar-refractivity contribution in [3.05, 3.63) is 26.1 Å². The molecule has 0 aliphatic carbocycles. The second-order valence-corrected chi connectivity index (χ2v) is 6.83. The van der Waals surface area contributed by atoms with Crippen LogP contribution in [0.3, 0.4) is 0 Å². The van der Waals surface area contributed by atoms with Gasteiger partial charge in [-0.2, -0.15) is 0 Å². The van der Waals surface area contributed by atoms with Crippen LogP contribution in [0.1, 0.15) is 32.0 Å². The molecule has 1 aliphatic rings. The Morgan fingerprint density at radius 1 is 1.33 bits per heavy atom. The van der Waals surface area contributed by atoms with Crippen LogP contribution < -0.4 is 5.56 Å². The van der Waals surface area contributed by atoms with Crippen molar-refractivity contribution in [2.75, 3.05) is 13.1 Å². The number of rotatable bonds is 0. The summed E-state index contributed by atoms with van der Waals surface area (Å²) in [5.74, 6) is -0.0419. The molecule has 0 unspecified atom stereocenters. The molecule has 0 spiro atoms. The number of hydrogen-bond donors (Lipinski definition) is 2. The lowest BCUT2D eigenvalue weighted by atomic mass is 10.1. The fraction of sp³-hybridized carbons (Fsp3) is 0.571. The van der Waals surface area contributed by atoms with Gasteiger partial charge in [-0.05, 0) is 43.1 Å². The van der Waals surface area contributed by atoms with E-state index < -0.39 is 5.60 Å². The summed E-state index contributed by atoms with van der Waals surface area (Å²) < 4.78 is 5.48. The highest BCUT2D eigenvalue weighted by molar-refractivity contribution is 9.10. The highest BCUT2D eigenvalue weighted by Crippen LogP contribution is 2.28. The summed E-state index contributed by atoms with van der Waals surface area (Å²) in [7, 11) is 0. The minimum Gasteiger partial charge on any atom is -0.506 e. The summed E-state index contributed by atoms with van der Waals surface area (Å²) in [5, 5.41) is 10.1. The third kappa shape index (κ3) is 3.58. The maximum atomic E-state index is 12.1. The van der Waals surface area contributed by atoms with Gasteiger partial charge in [0.15, 0.2) is 0 Å². The van der Waals surface area contributed by atoms with Crippen molar-refractivity contribution in [3.8, 4) is 5.75 Å². The van der Waals surface area contributed by atoms with Crippen molar-refractivity contribution in [2.24, 2.45) is 0 Å². The van der Waals surface area contributed by atoms with Gasteiger partial charge in [-0.1, -0.05) is 0 Å². The fourth-order valence-electron chi connectivity index (χ4n) is 2.25. The highest BCUT2D eigenvalue weighted by atomic mass is 79.9. The highest BCUT2D eigenvalue weighted by Gasteiger charge is 2.26. The molecule has 0 aromatic carbocycles. The van der Waals surface area contributed by atoms with Crippen LogP contribution >= 0.6 is 15.9 Å². The standard InChI is InChI=1S/C14H19BrN2O4/c1-14(2,3)21-13(20)17-6-4-8-9(5-7-17)16-12(19)10(15)11(8)18/h4-7H2,1-3H3,(H2,16,18,19). The maximum Gasteiger partial charge on any atom is 0.410 e. The van der Waals surface area contributed by atoms with Gasteiger partial charge >= 0.3 is 6.09 Å². The van der Waals surface area contributed by atoms with Crippen LogP contribution in [-0.2, 0) is 17.6 Å². The number of amides is 1. The quantitative estimate of drug-likeness (QED) is 0.744. The van der Waals surface area contributed by atoms with E-state index >= 15 is 0 Å². The molecule has 2 heterocycles. The van der Waals surface area contributed by atoms with E-state index in [0.717, 1.165) is 0 Å². The number of nitrogens with zero attached hydrogens (tertiary/aromatic N) is 1. The molecular weight excluding hydrogens is 340 g/mol. The molecule has 2 N–H and O–H groups in total. The van der Waals surface area contributed by atoms with E-state index in [2.05, 4.69) is 20.9 Å². The molecule has 0 fully saturated rings. The third-order valence-electron chi connectivity index (χ3n) is 3.24. The first-order valence-electron chi connectivity index (χ1n) is 6.79. The summed E-state index contributed by atoms with van der Waals surface area (Å²) in [6.45, 7) is 6.33. The van der Waals surface area contributed by atoms with Gasteiger partial charge in [0.2, 0.25) is 0 Å². The van der Waals surface area contributed by atoms with Crippen molar-refractivity contribution in [2.45, 2.75) is 39.2 Å². The van der Waals surface area contributed by atoms with Crippen molar-refractivity contribution in [1.82, 2.24) is 9.88 Å². The van der Waals surface area contributed by atoms with Crippen LogP contribution in [0.2, 0.25) is 0 Å². The van der Waals surface area contributed by atoms with E-state index in [1.54, 1.807) is 4.90 Å². The topological polar surface area (TPSA) is 82.6 Å². The molecule has 1 aromatic heterocycles. The van der Waals surface area contributed by atoms with E-state index in [1.165, 1.54) is 0 Å². The minimum atomic E-state index is -0.546. The maximum absolute atomic E-state index is 12.1. The van der Waals surface area contributed by atoms with Gasteiger partial charge in [0.25, 0.3) is 5.56 Å². The summed E-state index contributed by atoms with van der Waals surface area (Å²) in [6, 6.07) is 0. The second kappa shape index (κ2) is 5.71. The van der Waals surface area contributed by atoms with Crippen LogP contribution in [0.15, 0.2) is 9.27 Å². The van der Waals surface area contributed by atoms with Crippen molar-refractivity contribution >= 4 is 22.0 Å². The Kier molecular flexibility index (Phi) is 4.32. The van der Waals surface area contributed by atoms with Crippen molar-refractivity contribution in [1.29, 1.82) is 0 Å². The number of hydrogen-bond acceptors (Lipinski definition) is 4. The van der Waals surface area contributed by atoms with Crippen LogP contribution in [-0.4, -0.2) is 39.8 Å². The zero-order chi connectivity index (χ0) is 15.8. The van der Waals surface area contributed by atoms with Gasteiger partial charge in [-0.25, -0.2) is 4.79 Å². The number of fused-ring (bicyclic) bond motifs is 1. The number of H-pyrrole nitrogens is 1. The number of aromatic amines is 1. The van der Waals surface area contributed by atoms with Crippen molar-refractivity contribution in [3.63, 3.8) is 0 Å². The molecule has 0 saturated carbocycles. The van der Waals surface area contributed by atoms with Gasteiger partial charge in [0, 0.05) is 30.8 Å². The van der Waals surface area contributed by atoms with Crippen molar-refractivity contribution < 1.29 is 14.6 Å². The predicted octanol–water partition coefficient (Wildman–Crippen LogP) is 2.18. The van der Waals surface area contributed by atoms with E-state index in [9.17, 15) is 14.7 Å². The summed E-state index contributed by atoms with van der Waals surface area (Å²) in [4.78, 5) is 28.1. The Bertz CT molecular complexity index is 619. The SMILES string of the molecule is CC(C)(C)OC(=O)N1CCc2[nH]c(=O)c(Br)c(O)c2CC1. The van der Waals surface area contributed by atoms with E-state index in [1.807, 2.05) is 20.8 Å². The molecule has 6 nitrogen and oxygen atoms in total. The Morgan fingerprint density at radius 3 is 2.57 bits per heavy atom. The zero-order valence-electron chi connectivity index (χ0n) is 12.3. The van der Waals surface area contributed by atoms with E-state index in [4.69, 9.17) is 4.74 Å². The monoisotopic (exact) mass is 358 g/mol. The van der Waals surface area contributed by atoms with E-state index in [0.29, 0.717) is 37.2 Å². The molecule has 0 radical (unpaired) electrons. The Morgan fingerprint density at radius 2 is 1.95 bits per heavy atom. The number of pyridine rings is 1. The number of aromatic hydroxyl groups is 1. The summed E-state index contributed by atoms with van der Waals surface area (Å²) >= 11 is 3.07. The fourth-order valence-corrected chi connectivity index (χ4v) is 2.59. The molecule has 1 aromatic rings.